The number of aryl methyl sites for hydroxylation is 2. The summed E-state index contributed by atoms with van der Waals surface area (Å²) in [5.41, 5.74) is 10.5. The van der Waals surface area contributed by atoms with E-state index in [1.807, 2.05) is 211 Å². The van der Waals surface area contributed by atoms with Crippen molar-refractivity contribution in [2.45, 2.75) is 126 Å². The number of aromatic nitrogens is 4. The number of nitrogens with one attached hydrogen (secondary N) is 12. The molecule has 14 rings (SSSR count). The number of hydrogen-bond donors (Lipinski definition) is 16. The number of nitrogens with zero attached hydrogens (tertiary/aromatic N) is 4. The quantitative estimate of drug-likeness (QED) is 0.0125. The summed E-state index contributed by atoms with van der Waals surface area (Å²) in [6, 6.07) is 65.0. The second-order valence-electron chi connectivity index (χ2n) is 32.8. The molecule has 40 nitrogen and oxygen atoms in total. The number of carbonyl (C=O) groups excluding carboxylic acids is 8. The monoisotopic (exact) mass is 2240 g/mol. The van der Waals surface area contributed by atoms with Gasteiger partial charge >= 0.3 is 65.6 Å². The van der Waals surface area contributed by atoms with E-state index in [-0.39, 0.29) is 48.4 Å². The Bertz CT molecular complexity index is 6790. The molecule has 8 aromatic carbocycles. The van der Waals surface area contributed by atoms with Crippen LogP contribution in [-0.2, 0) is 144 Å². The maximum absolute atomic E-state index is 13.5. The van der Waals surface area contributed by atoms with Gasteiger partial charge in [0.25, 0.3) is 0 Å². The van der Waals surface area contributed by atoms with Crippen LogP contribution in [0.4, 0.5) is 41.9 Å². The van der Waals surface area contributed by atoms with Gasteiger partial charge in [-0.1, -0.05) is 196 Å². The summed E-state index contributed by atoms with van der Waals surface area (Å²) in [6.45, 7) is 3.98. The van der Waals surface area contributed by atoms with Crippen molar-refractivity contribution in [2.75, 3.05) is 47.3 Å². The summed E-state index contributed by atoms with van der Waals surface area (Å²) in [4.78, 5) is 122. The first-order valence-corrected chi connectivity index (χ1v) is 56.8. The van der Waals surface area contributed by atoms with Crippen LogP contribution < -0.4 is 61.4 Å². The fraction of sp³-hybridized carbons (Fsp3) is 0.240. The van der Waals surface area contributed by atoms with Crippen molar-refractivity contribution in [3.05, 3.63) is 352 Å². The van der Waals surface area contributed by atoms with Crippen LogP contribution in [0, 0.1) is 0 Å². The second kappa shape index (κ2) is 56.7. The summed E-state index contributed by atoms with van der Waals surface area (Å²) in [6.07, 6.45) is 1.06. The zero-order valence-corrected chi connectivity index (χ0v) is 89.2. The highest BCUT2D eigenvalue weighted by molar-refractivity contribution is 7.88. The van der Waals surface area contributed by atoms with Crippen LogP contribution in [-0.4, -0.2) is 172 Å². The molecule has 0 aliphatic rings. The van der Waals surface area contributed by atoms with Crippen LogP contribution in [0.5, 0.6) is 0 Å². The molecular weight excluding hydrogens is 2130 g/mol. The highest BCUT2D eigenvalue weighted by atomic mass is 32.2. The molecule has 6 heterocycles. The topological polar surface area (TPSA) is 587 Å². The minimum atomic E-state index is -4.40. The Labute approximate surface area is 890 Å². The average molecular weight is 2240 g/mol. The predicted octanol–water partition coefficient (Wildman–Crippen LogP) is 15.5. The lowest BCUT2D eigenvalue weighted by atomic mass is 10.0. The van der Waals surface area contributed by atoms with Gasteiger partial charge in [0.15, 0.2) is 0 Å². The third-order valence-electron chi connectivity index (χ3n) is 21.8. The number of thiophene rings is 2. The summed E-state index contributed by atoms with van der Waals surface area (Å²) < 4.78 is 151. The fourth-order valence-electron chi connectivity index (χ4n) is 14.6. The van der Waals surface area contributed by atoms with Gasteiger partial charge < -0.3 is 61.5 Å². The standard InChI is InChI=1S/2C26H26N4O6S3.2C24H28N4O6S2/c1-36-26(32)29-21(15-17-6-3-2-4-7-17)24(31)27-20(22-16-38-25(28-22)23-8-5-13-37-23)14-18-9-11-19(12-10-18)30-39(33,34)35;1-36-26(32)29-20(14-17-6-3-2-4-7-17)24(31)27-21(25-28-22(16-38-25)23-8-5-13-37-23)15-18-9-11-19(12-10-18)30-39(33,34)35;1-3-22-25-21(15-35-22)19(13-17-9-11-18(12-10-17)28-36(31,32)33)26-23(29)20(27-24(30)34-2)14-16-7-5-4-6-8-16;1-3-18-15-35-23(25-18)21(14-17-9-11-19(12-10-17)28-36(31,32)33)26-22(29)20(27-24(30)34-2)13-16-7-5-4-6-8-16/h2*2-13,16,20-21,30H,14-15H2,1H3,(H,27,31)(H,29,32)(H,33,34,35);4-12,15,19-20,28H,3,13-14H2,1-2H3,(H,26,29)(H,27,30)(H,31,32,33);4-12,15,20-21,28H,3,13-14H2,1-2H3,(H,26,29)(H,27,30)(H,31,32,33)/t2*20-,21-;19-,20-;20-,21-/m0000/s1. The first-order valence-electron chi connectivity index (χ1n) is 45.7. The molecule has 150 heavy (non-hydrogen) atoms. The number of hydrogen-bond acceptors (Lipinski definition) is 30. The van der Waals surface area contributed by atoms with E-state index >= 15 is 0 Å². The molecule has 0 radical (unpaired) electrons. The van der Waals surface area contributed by atoms with Gasteiger partial charge in [-0.2, -0.15) is 33.7 Å². The Morgan fingerprint density at radius 2 is 0.573 bits per heavy atom. The van der Waals surface area contributed by atoms with E-state index in [4.69, 9.17) is 47.1 Å². The molecular formula is C100H108N16O24S10. The maximum Gasteiger partial charge on any atom is 0.407 e. The normalized spacial score (nSPS) is 12.8. The van der Waals surface area contributed by atoms with Crippen molar-refractivity contribution in [3.63, 3.8) is 0 Å². The summed E-state index contributed by atoms with van der Waals surface area (Å²) >= 11 is 8.91. The molecule has 0 saturated heterocycles. The molecule has 0 saturated carbocycles. The van der Waals surface area contributed by atoms with Crippen molar-refractivity contribution in [1.82, 2.24) is 62.5 Å². The number of rotatable bonds is 44. The average Bonchev–Trinajstić information content (AvgIpc) is 1.67. The number of methoxy groups -OCH3 is 4. The molecule has 50 heteroatoms. The number of ether oxygens (including phenoxy) is 4. The van der Waals surface area contributed by atoms with Crippen LogP contribution in [0.2, 0.25) is 0 Å². The molecule has 0 unspecified atom stereocenters. The van der Waals surface area contributed by atoms with Gasteiger partial charge in [-0.3, -0.25) is 56.3 Å². The number of anilines is 4. The van der Waals surface area contributed by atoms with Gasteiger partial charge in [0, 0.05) is 47.2 Å². The lowest BCUT2D eigenvalue weighted by molar-refractivity contribution is -0.124. The highest BCUT2D eigenvalue weighted by Crippen LogP contribution is 2.35. The van der Waals surface area contributed by atoms with Crippen molar-refractivity contribution >= 4 is 180 Å². The highest BCUT2D eigenvalue weighted by Gasteiger charge is 2.33. The first-order chi connectivity index (χ1) is 71.7. The smallest absolute Gasteiger partial charge is 0.407 e. The molecule has 0 fully saturated rings. The molecule has 6 aromatic heterocycles. The number of benzene rings is 8. The van der Waals surface area contributed by atoms with Gasteiger partial charge in [-0.05, 0) is 154 Å². The Balaban J connectivity index is 0.000000190. The minimum Gasteiger partial charge on any atom is -0.453 e. The molecule has 0 aliphatic heterocycles. The van der Waals surface area contributed by atoms with Crippen LogP contribution >= 0.6 is 68.0 Å². The third kappa shape index (κ3) is 39.5. The molecule has 8 amide bonds. The summed E-state index contributed by atoms with van der Waals surface area (Å²) in [7, 11) is -12.6. The van der Waals surface area contributed by atoms with Gasteiger partial charge in [0.1, 0.15) is 39.2 Å². The largest absolute Gasteiger partial charge is 0.453 e. The SMILES string of the molecule is CCc1csc([C@H](Cc2ccc(NS(=O)(=O)O)cc2)NC(=O)[C@H](Cc2ccccc2)NC(=O)OC)n1.CCc1nc([C@H](Cc2ccc(NS(=O)(=O)O)cc2)NC(=O)[C@H](Cc2ccccc2)NC(=O)OC)cs1.COC(=O)N[C@@H](Cc1ccccc1)C(=O)N[C@@H](Cc1ccc(NS(=O)(=O)O)cc1)c1csc(-c2cccs2)n1.COC(=O)N[C@@H](Cc1ccccc1)C(=O)N[C@@H](Cc1ccc(NS(=O)(=O)O)cc1)c1nc(-c2cccs2)cs1. The number of alkyl carbamates (subject to hydrolysis) is 4. The molecule has 0 aliphatic carbocycles. The molecule has 0 spiro atoms. The Morgan fingerprint density at radius 1 is 0.287 bits per heavy atom. The lowest BCUT2D eigenvalue weighted by Crippen LogP contribution is -2.49. The van der Waals surface area contributed by atoms with Crippen molar-refractivity contribution < 1.29 is 109 Å². The molecule has 14 aromatic rings. The van der Waals surface area contributed by atoms with Crippen LogP contribution in [0.3, 0.4) is 0 Å². The lowest BCUT2D eigenvalue weighted by Gasteiger charge is -2.23. The van der Waals surface area contributed by atoms with E-state index in [0.717, 1.165) is 88.5 Å². The summed E-state index contributed by atoms with van der Waals surface area (Å²) in [5, 5.41) is 37.2. The van der Waals surface area contributed by atoms with Crippen LogP contribution in [0.1, 0.15) is 115 Å². The Morgan fingerprint density at radius 3 is 0.860 bits per heavy atom. The van der Waals surface area contributed by atoms with E-state index in [1.165, 1.54) is 122 Å². The van der Waals surface area contributed by atoms with E-state index < -0.39 is 138 Å². The zero-order valence-electron chi connectivity index (χ0n) is 81.1. The fourth-order valence-corrected chi connectivity index (χ4v) is 21.4. The molecule has 792 valence electrons. The number of thiazole rings is 4. The number of carbonyl (C=O) groups is 8. The Hall–Kier alpha value is -14.5. The summed E-state index contributed by atoms with van der Waals surface area (Å²) in [5.74, 6) is -1.62. The van der Waals surface area contributed by atoms with E-state index in [0.29, 0.717) is 47.1 Å². The predicted molar refractivity (Wildman–Crippen MR) is 577 cm³/mol. The van der Waals surface area contributed by atoms with Gasteiger partial charge in [0.05, 0.1) is 113 Å². The van der Waals surface area contributed by atoms with Crippen molar-refractivity contribution in [2.24, 2.45) is 0 Å². The van der Waals surface area contributed by atoms with E-state index in [1.54, 1.807) is 71.2 Å². The van der Waals surface area contributed by atoms with Gasteiger partial charge in [-0.25, -0.2) is 39.1 Å². The van der Waals surface area contributed by atoms with Gasteiger partial charge in [0.2, 0.25) is 23.6 Å². The molecule has 16 N–H and O–H groups in total. The van der Waals surface area contributed by atoms with Crippen LogP contribution in [0.25, 0.3) is 20.5 Å². The minimum absolute atomic E-state index is 0.195. The zero-order chi connectivity index (χ0) is 108. The third-order valence-corrected chi connectivity index (χ3v) is 29.5. The van der Waals surface area contributed by atoms with E-state index in [2.05, 4.69) is 52.5 Å². The van der Waals surface area contributed by atoms with Crippen molar-refractivity contribution in [3.8, 4) is 20.5 Å². The molecule has 8 atom stereocenters. The molecule has 0 bridgehead atoms. The van der Waals surface area contributed by atoms with E-state index in [9.17, 15) is 72.0 Å². The Kier molecular flexibility index (Phi) is 43.8. The first kappa shape index (κ1) is 116. The van der Waals surface area contributed by atoms with Crippen LogP contribution in [0.15, 0.2) is 275 Å². The number of amides is 8. The second-order valence-corrected chi connectivity index (χ2v) is 42.9. The van der Waals surface area contributed by atoms with Gasteiger partial charge in [-0.15, -0.1) is 68.0 Å². The maximum atomic E-state index is 13.5. The van der Waals surface area contributed by atoms with Crippen molar-refractivity contribution in [1.29, 1.82) is 0 Å².